The number of carbonyl (C=O) groups is 1. The summed E-state index contributed by atoms with van der Waals surface area (Å²) in [5.41, 5.74) is 0.267. The molecule has 0 unspecified atom stereocenters. The number of hydrogen-bond acceptors (Lipinski definition) is 4. The van der Waals surface area contributed by atoms with Crippen LogP contribution in [0.15, 0.2) is 29.2 Å². The molecule has 0 N–H and O–H groups in total. The summed E-state index contributed by atoms with van der Waals surface area (Å²) in [4.78, 5) is 14.3. The fourth-order valence-corrected chi connectivity index (χ4v) is 3.76. The van der Waals surface area contributed by atoms with Crippen LogP contribution < -0.4 is 0 Å². The topological polar surface area (TPSA) is 63.7 Å². The Balaban J connectivity index is 2.34. The highest BCUT2D eigenvalue weighted by Crippen LogP contribution is 2.20. The van der Waals surface area contributed by atoms with E-state index >= 15 is 0 Å². The molecule has 1 aliphatic rings. The van der Waals surface area contributed by atoms with Crippen LogP contribution in [0.2, 0.25) is 0 Å². The predicted molar refractivity (Wildman–Crippen MR) is 75.5 cm³/mol. The van der Waals surface area contributed by atoms with Gasteiger partial charge in [-0.1, -0.05) is 19.1 Å². The number of nitrogens with zero attached hydrogens (tertiary/aromatic N) is 1. The second kappa shape index (κ2) is 6.37. The Hall–Kier alpha value is -1.40. The summed E-state index contributed by atoms with van der Waals surface area (Å²) in [5.74, 6) is -0.177. The molecule has 1 fully saturated rings. The summed E-state index contributed by atoms with van der Waals surface area (Å²) in [7, 11) is -3.40. The van der Waals surface area contributed by atoms with Crippen LogP contribution in [0.5, 0.6) is 0 Å². The van der Waals surface area contributed by atoms with Crippen molar-refractivity contribution in [1.29, 1.82) is 0 Å². The van der Waals surface area contributed by atoms with Crippen molar-refractivity contribution in [3.8, 4) is 0 Å². The van der Waals surface area contributed by atoms with Crippen LogP contribution in [0.25, 0.3) is 0 Å². The first-order chi connectivity index (χ1) is 9.56. The first-order valence-corrected chi connectivity index (χ1v) is 8.40. The SMILES string of the molecule is CCCS(=O)(=O)c1ccccc1C(=O)N1CCOCC1. The second-order valence-electron chi connectivity index (χ2n) is 4.72. The molecule has 0 atom stereocenters. The lowest BCUT2D eigenvalue weighted by atomic mass is 10.2. The maximum Gasteiger partial charge on any atom is 0.255 e. The molecule has 1 aromatic carbocycles. The number of benzene rings is 1. The van der Waals surface area contributed by atoms with Crippen molar-refractivity contribution in [3.63, 3.8) is 0 Å². The van der Waals surface area contributed by atoms with E-state index in [2.05, 4.69) is 0 Å². The van der Waals surface area contributed by atoms with Gasteiger partial charge in [0.2, 0.25) is 0 Å². The zero-order chi connectivity index (χ0) is 14.6. The van der Waals surface area contributed by atoms with Crippen molar-refractivity contribution in [3.05, 3.63) is 29.8 Å². The summed E-state index contributed by atoms with van der Waals surface area (Å²) < 4.78 is 29.7. The predicted octanol–water partition coefficient (Wildman–Crippen LogP) is 1.34. The Morgan fingerprint density at radius 1 is 1.25 bits per heavy atom. The van der Waals surface area contributed by atoms with Crippen molar-refractivity contribution in [2.75, 3.05) is 32.1 Å². The second-order valence-corrected chi connectivity index (χ2v) is 6.80. The van der Waals surface area contributed by atoms with Gasteiger partial charge in [0.25, 0.3) is 5.91 Å². The number of ether oxygens (including phenoxy) is 1. The zero-order valence-electron chi connectivity index (χ0n) is 11.5. The van der Waals surface area contributed by atoms with Crippen LogP contribution >= 0.6 is 0 Å². The van der Waals surface area contributed by atoms with Crippen molar-refractivity contribution in [2.45, 2.75) is 18.2 Å². The molecule has 0 radical (unpaired) electrons. The number of carbonyl (C=O) groups excluding carboxylic acids is 1. The standard InChI is InChI=1S/C14H19NO4S/c1-2-11-20(17,18)13-6-4-3-5-12(13)14(16)15-7-9-19-10-8-15/h3-6H,2,7-11H2,1H3. The quantitative estimate of drug-likeness (QED) is 0.841. The molecule has 0 spiro atoms. The highest BCUT2D eigenvalue weighted by molar-refractivity contribution is 7.91. The van der Waals surface area contributed by atoms with Gasteiger partial charge in [-0.2, -0.15) is 0 Å². The van der Waals surface area contributed by atoms with Crippen molar-refractivity contribution in [1.82, 2.24) is 4.90 Å². The minimum absolute atomic E-state index is 0.0560. The molecule has 5 nitrogen and oxygen atoms in total. The summed E-state index contributed by atoms with van der Waals surface area (Å²) in [6.45, 7) is 3.80. The first-order valence-electron chi connectivity index (χ1n) is 6.75. The number of amides is 1. The largest absolute Gasteiger partial charge is 0.378 e. The maximum atomic E-state index is 12.5. The minimum Gasteiger partial charge on any atom is -0.378 e. The average molecular weight is 297 g/mol. The fourth-order valence-electron chi connectivity index (χ4n) is 2.23. The Bertz CT molecular complexity index is 577. The molecule has 110 valence electrons. The van der Waals surface area contributed by atoms with E-state index in [0.29, 0.717) is 32.7 Å². The van der Waals surface area contributed by atoms with Crippen molar-refractivity contribution >= 4 is 15.7 Å². The van der Waals surface area contributed by atoms with Gasteiger partial charge < -0.3 is 9.64 Å². The summed E-state index contributed by atoms with van der Waals surface area (Å²) in [5, 5.41) is 0. The van der Waals surface area contributed by atoms with Crippen LogP contribution in [0, 0.1) is 0 Å². The highest BCUT2D eigenvalue weighted by atomic mass is 32.2. The number of hydrogen-bond donors (Lipinski definition) is 0. The molecule has 0 saturated carbocycles. The monoisotopic (exact) mass is 297 g/mol. The van der Waals surface area contributed by atoms with Crippen molar-refractivity contribution in [2.24, 2.45) is 0 Å². The van der Waals surface area contributed by atoms with Crippen LogP contribution in [-0.2, 0) is 14.6 Å². The molecule has 2 rings (SSSR count). The van der Waals surface area contributed by atoms with E-state index < -0.39 is 9.84 Å². The summed E-state index contributed by atoms with van der Waals surface area (Å²) >= 11 is 0. The molecule has 6 heteroatoms. The lowest BCUT2D eigenvalue weighted by Crippen LogP contribution is -2.41. The molecule has 1 heterocycles. The van der Waals surface area contributed by atoms with Crippen LogP contribution in [-0.4, -0.2) is 51.3 Å². The van der Waals surface area contributed by atoms with E-state index in [0.717, 1.165) is 0 Å². The fraction of sp³-hybridized carbons (Fsp3) is 0.500. The molecule has 0 aliphatic carbocycles. The van der Waals surface area contributed by atoms with Gasteiger partial charge in [0.05, 0.1) is 29.4 Å². The molecular formula is C14H19NO4S. The smallest absolute Gasteiger partial charge is 0.255 e. The molecule has 1 saturated heterocycles. The molecule has 1 aliphatic heterocycles. The molecule has 1 amide bonds. The Morgan fingerprint density at radius 2 is 1.90 bits per heavy atom. The van der Waals surface area contributed by atoms with E-state index in [-0.39, 0.29) is 22.1 Å². The van der Waals surface area contributed by atoms with Gasteiger partial charge in [-0.25, -0.2) is 8.42 Å². The van der Waals surface area contributed by atoms with E-state index in [9.17, 15) is 13.2 Å². The average Bonchev–Trinajstić information content (AvgIpc) is 2.47. The highest BCUT2D eigenvalue weighted by Gasteiger charge is 2.25. The molecule has 1 aromatic rings. The van der Waals surface area contributed by atoms with E-state index in [1.54, 1.807) is 23.1 Å². The first kappa shape index (κ1) is 15.0. The molecule has 20 heavy (non-hydrogen) atoms. The Morgan fingerprint density at radius 3 is 2.55 bits per heavy atom. The Kier molecular flexibility index (Phi) is 4.77. The van der Waals surface area contributed by atoms with Crippen LogP contribution in [0.4, 0.5) is 0 Å². The van der Waals surface area contributed by atoms with Gasteiger partial charge in [-0.15, -0.1) is 0 Å². The minimum atomic E-state index is -3.40. The van der Waals surface area contributed by atoms with Crippen LogP contribution in [0.3, 0.4) is 0 Å². The van der Waals surface area contributed by atoms with E-state index in [4.69, 9.17) is 4.74 Å². The third kappa shape index (κ3) is 3.19. The lowest BCUT2D eigenvalue weighted by molar-refractivity contribution is 0.0300. The van der Waals surface area contributed by atoms with Gasteiger partial charge in [-0.05, 0) is 18.6 Å². The number of morpholine rings is 1. The van der Waals surface area contributed by atoms with Gasteiger partial charge in [0, 0.05) is 13.1 Å². The normalized spacial score (nSPS) is 16.1. The third-order valence-electron chi connectivity index (χ3n) is 3.22. The van der Waals surface area contributed by atoms with Gasteiger partial charge in [0.1, 0.15) is 0 Å². The molecular weight excluding hydrogens is 278 g/mol. The van der Waals surface area contributed by atoms with Gasteiger partial charge in [0.15, 0.2) is 9.84 Å². The summed E-state index contributed by atoms with van der Waals surface area (Å²) in [6.07, 6.45) is 0.530. The van der Waals surface area contributed by atoms with Crippen LogP contribution in [0.1, 0.15) is 23.7 Å². The molecule has 0 bridgehead atoms. The van der Waals surface area contributed by atoms with E-state index in [1.807, 2.05) is 6.92 Å². The Labute approximate surface area is 119 Å². The van der Waals surface area contributed by atoms with Crippen molar-refractivity contribution < 1.29 is 17.9 Å². The zero-order valence-corrected chi connectivity index (χ0v) is 12.4. The third-order valence-corrected chi connectivity index (χ3v) is 5.20. The number of sulfone groups is 1. The van der Waals surface area contributed by atoms with Gasteiger partial charge >= 0.3 is 0 Å². The maximum absolute atomic E-state index is 12.5. The van der Waals surface area contributed by atoms with E-state index in [1.165, 1.54) is 6.07 Å². The number of rotatable bonds is 4. The molecule has 0 aromatic heterocycles. The summed E-state index contributed by atoms with van der Waals surface area (Å²) in [6, 6.07) is 6.44. The lowest BCUT2D eigenvalue weighted by Gasteiger charge is -2.27. The van der Waals surface area contributed by atoms with Gasteiger partial charge in [-0.3, -0.25) is 4.79 Å².